The van der Waals surface area contributed by atoms with Gasteiger partial charge in [0.2, 0.25) is 5.91 Å². The molecule has 0 saturated carbocycles. The summed E-state index contributed by atoms with van der Waals surface area (Å²) in [5.41, 5.74) is 4.49. The summed E-state index contributed by atoms with van der Waals surface area (Å²) in [4.78, 5) is 40.7. The van der Waals surface area contributed by atoms with Crippen LogP contribution in [0, 0.1) is 19.7 Å². The SMILES string of the molecule is Cc1cc(C)nc(SCC(=O)N(Cc2ccc(F)cc2)C(C(=O)Nc2ccc(N3CCOCC3)cc2)c2ccc(Cl)cc2)n1. The fourth-order valence-electron chi connectivity index (χ4n) is 4.98. The maximum absolute atomic E-state index is 14.1. The van der Waals surface area contributed by atoms with Crippen molar-refractivity contribution in [3.8, 4) is 0 Å². The standard InChI is InChI=1S/C33H33ClFN5O3S/c1-22-19-23(2)37-33(36-22)44-21-30(41)40(20-24-3-9-27(35)10-4-24)31(25-5-7-26(34)8-6-25)32(42)38-28-11-13-29(14-12-28)39-15-17-43-18-16-39/h3-14,19,31H,15-18,20-21H2,1-2H3,(H,38,42). The van der Waals surface area contributed by atoms with E-state index in [1.54, 1.807) is 36.4 Å². The molecule has 1 aromatic heterocycles. The Morgan fingerprint density at radius 2 is 1.61 bits per heavy atom. The second-order valence-corrected chi connectivity index (χ2v) is 11.8. The van der Waals surface area contributed by atoms with Crippen molar-refractivity contribution in [1.82, 2.24) is 14.9 Å². The van der Waals surface area contributed by atoms with E-state index in [0.717, 1.165) is 30.2 Å². The predicted octanol–water partition coefficient (Wildman–Crippen LogP) is 6.22. The molecule has 0 spiro atoms. The van der Waals surface area contributed by atoms with Crippen LogP contribution >= 0.6 is 23.4 Å². The highest BCUT2D eigenvalue weighted by atomic mass is 35.5. The number of morpholine rings is 1. The predicted molar refractivity (Wildman–Crippen MR) is 171 cm³/mol. The summed E-state index contributed by atoms with van der Waals surface area (Å²) < 4.78 is 19.2. The topological polar surface area (TPSA) is 87.7 Å². The lowest BCUT2D eigenvalue weighted by Crippen LogP contribution is -2.41. The second-order valence-electron chi connectivity index (χ2n) is 10.5. The van der Waals surface area contributed by atoms with Crippen molar-refractivity contribution < 1.29 is 18.7 Å². The first-order chi connectivity index (χ1) is 21.2. The fraction of sp³-hybridized carbons (Fsp3) is 0.273. The van der Waals surface area contributed by atoms with Crippen LogP contribution in [0.1, 0.15) is 28.6 Å². The Balaban J connectivity index is 1.44. The molecular weight excluding hydrogens is 601 g/mol. The van der Waals surface area contributed by atoms with Gasteiger partial charge in [0, 0.05) is 47.4 Å². The molecule has 1 saturated heterocycles. The molecule has 8 nitrogen and oxygen atoms in total. The zero-order valence-corrected chi connectivity index (χ0v) is 26.1. The van der Waals surface area contributed by atoms with Gasteiger partial charge in [0.05, 0.1) is 19.0 Å². The van der Waals surface area contributed by atoms with Gasteiger partial charge in [-0.1, -0.05) is 47.6 Å². The highest BCUT2D eigenvalue weighted by Crippen LogP contribution is 2.29. The summed E-state index contributed by atoms with van der Waals surface area (Å²) >= 11 is 7.39. The number of nitrogens with zero attached hydrogens (tertiary/aromatic N) is 4. The normalized spacial score (nSPS) is 13.8. The molecule has 0 radical (unpaired) electrons. The first-order valence-electron chi connectivity index (χ1n) is 14.2. The number of thioether (sulfide) groups is 1. The van der Waals surface area contributed by atoms with E-state index in [-0.39, 0.29) is 24.0 Å². The number of hydrogen-bond acceptors (Lipinski definition) is 7. The van der Waals surface area contributed by atoms with Gasteiger partial charge in [-0.05, 0) is 79.6 Å². The number of ether oxygens (including phenoxy) is 1. The smallest absolute Gasteiger partial charge is 0.251 e. The summed E-state index contributed by atoms with van der Waals surface area (Å²) in [5.74, 6) is -1.09. The van der Waals surface area contributed by atoms with Crippen LogP contribution in [0.25, 0.3) is 0 Å². The summed E-state index contributed by atoms with van der Waals surface area (Å²) in [7, 11) is 0. The van der Waals surface area contributed by atoms with Crippen LogP contribution in [0.3, 0.4) is 0 Å². The molecule has 44 heavy (non-hydrogen) atoms. The van der Waals surface area contributed by atoms with Crippen molar-refractivity contribution in [3.05, 3.63) is 112 Å². The van der Waals surface area contributed by atoms with Crippen molar-refractivity contribution in [1.29, 1.82) is 0 Å². The van der Waals surface area contributed by atoms with Crippen molar-refractivity contribution in [2.24, 2.45) is 0 Å². The first kappa shape index (κ1) is 31.4. The van der Waals surface area contributed by atoms with Crippen molar-refractivity contribution in [2.45, 2.75) is 31.6 Å². The number of aromatic nitrogens is 2. The molecule has 4 aromatic rings. The van der Waals surface area contributed by atoms with Crippen LogP contribution < -0.4 is 10.2 Å². The van der Waals surface area contributed by atoms with Crippen LogP contribution in [0.4, 0.5) is 15.8 Å². The number of halogens is 2. The minimum atomic E-state index is -1.01. The quantitative estimate of drug-likeness (QED) is 0.164. The van der Waals surface area contributed by atoms with Gasteiger partial charge in [0.1, 0.15) is 11.9 Å². The molecule has 0 aliphatic carbocycles. The maximum Gasteiger partial charge on any atom is 0.251 e. The van der Waals surface area contributed by atoms with Crippen molar-refractivity contribution >= 4 is 46.6 Å². The van der Waals surface area contributed by atoms with Gasteiger partial charge < -0.3 is 19.9 Å². The van der Waals surface area contributed by atoms with Gasteiger partial charge in [-0.3, -0.25) is 9.59 Å². The van der Waals surface area contributed by atoms with E-state index in [9.17, 15) is 14.0 Å². The first-order valence-corrected chi connectivity index (χ1v) is 15.6. The Kier molecular flexibility index (Phi) is 10.5. The third-order valence-corrected chi connectivity index (χ3v) is 8.21. The Morgan fingerprint density at radius 3 is 2.25 bits per heavy atom. The molecule has 1 aliphatic rings. The molecule has 2 heterocycles. The van der Waals surface area contributed by atoms with Crippen molar-refractivity contribution in [2.75, 3.05) is 42.3 Å². The van der Waals surface area contributed by atoms with Crippen LogP contribution in [0.2, 0.25) is 5.02 Å². The zero-order valence-electron chi connectivity index (χ0n) is 24.5. The fourth-order valence-corrected chi connectivity index (χ4v) is 5.94. The lowest BCUT2D eigenvalue weighted by atomic mass is 10.0. The number of hydrogen-bond donors (Lipinski definition) is 1. The Labute approximate surface area is 265 Å². The molecule has 11 heteroatoms. The second kappa shape index (κ2) is 14.7. The minimum Gasteiger partial charge on any atom is -0.378 e. The van der Waals surface area contributed by atoms with E-state index in [2.05, 4.69) is 20.2 Å². The van der Waals surface area contributed by atoms with E-state index in [1.165, 1.54) is 28.8 Å². The molecule has 1 aliphatic heterocycles. The third kappa shape index (κ3) is 8.34. The van der Waals surface area contributed by atoms with Crippen LogP contribution in [0.5, 0.6) is 0 Å². The van der Waals surface area contributed by atoms with Gasteiger partial charge in [-0.2, -0.15) is 0 Å². The molecule has 0 bridgehead atoms. The molecular formula is C33H33ClFN5O3S. The van der Waals surface area contributed by atoms with E-state index in [1.807, 2.05) is 44.2 Å². The molecule has 2 amide bonds. The molecule has 1 fully saturated rings. The molecule has 3 aromatic carbocycles. The number of amides is 2. The van der Waals surface area contributed by atoms with Crippen LogP contribution in [-0.2, 0) is 20.9 Å². The van der Waals surface area contributed by atoms with Gasteiger partial charge in [-0.15, -0.1) is 0 Å². The zero-order chi connectivity index (χ0) is 31.1. The summed E-state index contributed by atoms with van der Waals surface area (Å²) in [6, 6.07) is 21.2. The molecule has 1 N–H and O–H groups in total. The average molecular weight is 634 g/mol. The lowest BCUT2D eigenvalue weighted by Gasteiger charge is -2.32. The number of nitrogens with one attached hydrogen (secondary N) is 1. The van der Waals surface area contributed by atoms with Crippen LogP contribution in [-0.4, -0.2) is 58.7 Å². The number of aryl methyl sites for hydroxylation is 2. The third-order valence-electron chi connectivity index (χ3n) is 7.13. The average Bonchev–Trinajstić information content (AvgIpc) is 3.02. The molecule has 228 valence electrons. The van der Waals surface area contributed by atoms with Crippen molar-refractivity contribution in [3.63, 3.8) is 0 Å². The van der Waals surface area contributed by atoms with Gasteiger partial charge >= 0.3 is 0 Å². The Bertz CT molecular complexity index is 1560. The summed E-state index contributed by atoms with van der Waals surface area (Å²) in [5, 5.41) is 3.99. The monoisotopic (exact) mass is 633 g/mol. The maximum atomic E-state index is 14.1. The Morgan fingerprint density at radius 1 is 0.977 bits per heavy atom. The largest absolute Gasteiger partial charge is 0.378 e. The van der Waals surface area contributed by atoms with Gasteiger partial charge in [-0.25, -0.2) is 14.4 Å². The van der Waals surface area contributed by atoms with Crippen LogP contribution in [0.15, 0.2) is 84.0 Å². The molecule has 5 rings (SSSR count). The van der Waals surface area contributed by atoms with E-state index in [4.69, 9.17) is 16.3 Å². The molecule has 1 atom stereocenters. The summed E-state index contributed by atoms with van der Waals surface area (Å²) in [6.07, 6.45) is 0. The minimum absolute atomic E-state index is 0.00426. The van der Waals surface area contributed by atoms with Gasteiger partial charge in [0.25, 0.3) is 5.91 Å². The van der Waals surface area contributed by atoms with E-state index in [0.29, 0.717) is 40.2 Å². The molecule has 1 unspecified atom stereocenters. The lowest BCUT2D eigenvalue weighted by molar-refractivity contribution is -0.137. The Hall–Kier alpha value is -3.99. The van der Waals surface area contributed by atoms with E-state index >= 15 is 0 Å². The number of rotatable bonds is 10. The highest BCUT2D eigenvalue weighted by molar-refractivity contribution is 7.99. The van der Waals surface area contributed by atoms with E-state index < -0.39 is 11.9 Å². The number of carbonyl (C=O) groups is 2. The number of carbonyl (C=O) groups excluding carboxylic acids is 2. The summed E-state index contributed by atoms with van der Waals surface area (Å²) in [6.45, 7) is 6.77. The van der Waals surface area contributed by atoms with Gasteiger partial charge in [0.15, 0.2) is 5.16 Å². The highest BCUT2D eigenvalue weighted by Gasteiger charge is 2.32. The number of benzene rings is 3. The number of anilines is 2.